The highest BCUT2D eigenvalue weighted by Gasteiger charge is 2.29. The average molecular weight is 219 g/mol. The van der Waals surface area contributed by atoms with E-state index in [-0.39, 0.29) is 0 Å². The lowest BCUT2D eigenvalue weighted by molar-refractivity contribution is 0.0784. The summed E-state index contributed by atoms with van der Waals surface area (Å²) in [6.07, 6.45) is 3.98. The minimum absolute atomic E-state index is 0.332. The van der Waals surface area contributed by atoms with Crippen LogP contribution in [0.25, 0.3) is 6.08 Å². The Kier molecular flexibility index (Phi) is 3.10. The molecule has 4 nitrogen and oxygen atoms in total. The lowest BCUT2D eigenvalue weighted by Crippen LogP contribution is -2.52. The van der Waals surface area contributed by atoms with E-state index in [1.807, 2.05) is 25.4 Å². The van der Waals surface area contributed by atoms with Crippen molar-refractivity contribution in [2.75, 3.05) is 37.5 Å². The van der Waals surface area contributed by atoms with Crippen LogP contribution in [0.15, 0.2) is 18.8 Å². The Morgan fingerprint density at radius 1 is 1.62 bits per heavy atom. The maximum atomic E-state index is 5.26. The van der Waals surface area contributed by atoms with Crippen LogP contribution in [0.2, 0.25) is 0 Å². The van der Waals surface area contributed by atoms with Gasteiger partial charge in [-0.25, -0.2) is 4.98 Å². The molecule has 0 aromatic carbocycles. The van der Waals surface area contributed by atoms with Gasteiger partial charge in [0.05, 0.1) is 11.8 Å². The van der Waals surface area contributed by atoms with Gasteiger partial charge in [0.25, 0.3) is 0 Å². The van der Waals surface area contributed by atoms with Crippen molar-refractivity contribution in [3.63, 3.8) is 0 Å². The van der Waals surface area contributed by atoms with E-state index in [9.17, 15) is 0 Å². The largest absolute Gasteiger partial charge is 0.385 e. The van der Waals surface area contributed by atoms with Crippen molar-refractivity contribution < 1.29 is 4.74 Å². The number of nitrogens with one attached hydrogen (secondary N) is 1. The molecule has 1 aromatic rings. The van der Waals surface area contributed by atoms with Crippen molar-refractivity contribution in [3.05, 3.63) is 24.4 Å². The second-order valence-electron chi connectivity index (χ2n) is 3.82. The summed E-state index contributed by atoms with van der Waals surface area (Å²) in [7, 11) is 3.65. The molecule has 0 radical (unpaired) electrons. The second-order valence-corrected chi connectivity index (χ2v) is 3.82. The summed E-state index contributed by atoms with van der Waals surface area (Å²) in [5, 5.41) is 3.18. The highest BCUT2D eigenvalue weighted by Crippen LogP contribution is 2.30. The van der Waals surface area contributed by atoms with E-state index in [4.69, 9.17) is 4.74 Å². The first kappa shape index (κ1) is 11.0. The molecular formula is C12H17N3O. The topological polar surface area (TPSA) is 37.4 Å². The third-order valence-electron chi connectivity index (χ3n) is 2.91. The van der Waals surface area contributed by atoms with E-state index in [0.29, 0.717) is 6.10 Å². The Hall–Kier alpha value is -1.55. The van der Waals surface area contributed by atoms with Crippen LogP contribution in [0.1, 0.15) is 5.56 Å². The van der Waals surface area contributed by atoms with Gasteiger partial charge in [-0.15, -0.1) is 0 Å². The van der Waals surface area contributed by atoms with Crippen LogP contribution in [0.4, 0.5) is 11.5 Å². The molecule has 4 heteroatoms. The number of methoxy groups -OCH3 is 1. The first-order valence-corrected chi connectivity index (χ1v) is 5.37. The normalized spacial score (nSPS) is 15.8. The lowest BCUT2D eigenvalue weighted by Gasteiger charge is -2.40. The predicted molar refractivity (Wildman–Crippen MR) is 66.9 cm³/mol. The van der Waals surface area contributed by atoms with Gasteiger partial charge in [-0.1, -0.05) is 12.7 Å². The Morgan fingerprint density at radius 2 is 2.38 bits per heavy atom. The minimum Gasteiger partial charge on any atom is -0.385 e. The smallest absolute Gasteiger partial charge is 0.152 e. The predicted octanol–water partition coefficient (Wildman–Crippen LogP) is 1.60. The van der Waals surface area contributed by atoms with Crippen LogP contribution in [0.5, 0.6) is 0 Å². The van der Waals surface area contributed by atoms with E-state index < -0.39 is 0 Å². The molecule has 1 aromatic heterocycles. The summed E-state index contributed by atoms with van der Waals surface area (Å²) in [4.78, 5) is 6.61. The Bertz CT molecular complexity index is 386. The number of pyridine rings is 1. The fourth-order valence-corrected chi connectivity index (χ4v) is 1.89. The molecule has 0 spiro atoms. The fraction of sp³-hybridized carbons (Fsp3) is 0.417. The molecule has 2 heterocycles. The number of hydrogen-bond acceptors (Lipinski definition) is 4. The summed E-state index contributed by atoms with van der Waals surface area (Å²) in [6, 6.07) is 1.95. The maximum absolute atomic E-state index is 5.26. The maximum Gasteiger partial charge on any atom is 0.152 e. The molecule has 1 saturated heterocycles. The van der Waals surface area contributed by atoms with Crippen LogP contribution in [0, 0.1) is 0 Å². The number of ether oxygens (including phenoxy) is 1. The molecule has 1 fully saturated rings. The number of aromatic nitrogens is 1. The van der Waals surface area contributed by atoms with Crippen molar-refractivity contribution >= 4 is 17.6 Å². The molecule has 0 unspecified atom stereocenters. The first-order valence-electron chi connectivity index (χ1n) is 5.37. The molecule has 1 aliphatic heterocycles. The van der Waals surface area contributed by atoms with Crippen molar-refractivity contribution in [1.82, 2.24) is 4.98 Å². The molecule has 0 amide bonds. The lowest BCUT2D eigenvalue weighted by atomic mass is 10.1. The molecular weight excluding hydrogens is 202 g/mol. The van der Waals surface area contributed by atoms with E-state index in [1.54, 1.807) is 7.11 Å². The van der Waals surface area contributed by atoms with Gasteiger partial charge in [0.1, 0.15) is 0 Å². The number of anilines is 2. The number of rotatable bonds is 4. The van der Waals surface area contributed by atoms with Gasteiger partial charge < -0.3 is 15.0 Å². The third kappa shape index (κ3) is 1.76. The van der Waals surface area contributed by atoms with Crippen LogP contribution >= 0.6 is 0 Å². The summed E-state index contributed by atoms with van der Waals surface area (Å²) in [6.45, 7) is 5.61. The number of nitrogens with zero attached hydrogens (tertiary/aromatic N) is 2. The zero-order valence-corrected chi connectivity index (χ0v) is 9.73. The van der Waals surface area contributed by atoms with E-state index in [0.717, 1.165) is 30.2 Å². The Morgan fingerprint density at radius 3 is 2.94 bits per heavy atom. The second kappa shape index (κ2) is 4.53. The third-order valence-corrected chi connectivity index (χ3v) is 2.91. The van der Waals surface area contributed by atoms with Crippen molar-refractivity contribution in [2.45, 2.75) is 6.10 Å². The van der Waals surface area contributed by atoms with Gasteiger partial charge in [0.2, 0.25) is 0 Å². The van der Waals surface area contributed by atoms with Crippen molar-refractivity contribution in [3.8, 4) is 0 Å². The zero-order chi connectivity index (χ0) is 11.5. The zero-order valence-electron chi connectivity index (χ0n) is 9.73. The van der Waals surface area contributed by atoms with Gasteiger partial charge in [0.15, 0.2) is 5.82 Å². The quantitative estimate of drug-likeness (QED) is 0.834. The van der Waals surface area contributed by atoms with E-state index in [2.05, 4.69) is 21.8 Å². The summed E-state index contributed by atoms with van der Waals surface area (Å²) in [5.74, 6) is 0.980. The average Bonchev–Trinajstić information content (AvgIpc) is 2.27. The number of hydrogen-bond donors (Lipinski definition) is 1. The monoisotopic (exact) mass is 219 g/mol. The fourth-order valence-electron chi connectivity index (χ4n) is 1.89. The van der Waals surface area contributed by atoms with E-state index in [1.165, 1.54) is 0 Å². The summed E-state index contributed by atoms with van der Waals surface area (Å²) in [5.41, 5.74) is 2.11. The highest BCUT2D eigenvalue weighted by atomic mass is 16.5. The molecule has 0 bridgehead atoms. The molecule has 0 aliphatic carbocycles. The van der Waals surface area contributed by atoms with Crippen molar-refractivity contribution in [1.29, 1.82) is 0 Å². The molecule has 86 valence electrons. The SMILES string of the molecule is C=Cc1ccnc(N2CC(OC)C2)c1NC. The van der Waals surface area contributed by atoms with Crippen molar-refractivity contribution in [2.24, 2.45) is 0 Å². The summed E-state index contributed by atoms with van der Waals surface area (Å²) >= 11 is 0. The first-order chi connectivity index (χ1) is 7.80. The van der Waals surface area contributed by atoms with Crippen LogP contribution in [-0.2, 0) is 4.74 Å². The molecule has 2 rings (SSSR count). The molecule has 1 aliphatic rings. The van der Waals surface area contributed by atoms with Crippen LogP contribution in [0.3, 0.4) is 0 Å². The highest BCUT2D eigenvalue weighted by molar-refractivity contribution is 5.77. The standard InChI is InChI=1S/C12H17N3O/c1-4-9-5-6-14-12(11(9)13-2)15-7-10(8-15)16-3/h4-6,10,13H,1,7-8H2,2-3H3. The van der Waals surface area contributed by atoms with Crippen LogP contribution in [-0.4, -0.2) is 38.3 Å². The molecule has 0 atom stereocenters. The molecule has 1 N–H and O–H groups in total. The summed E-state index contributed by atoms with van der Waals surface area (Å²) < 4.78 is 5.26. The van der Waals surface area contributed by atoms with Gasteiger partial charge >= 0.3 is 0 Å². The molecule has 16 heavy (non-hydrogen) atoms. The van der Waals surface area contributed by atoms with E-state index >= 15 is 0 Å². The van der Waals surface area contributed by atoms with Gasteiger partial charge in [-0.3, -0.25) is 0 Å². The Balaban J connectivity index is 2.24. The van der Waals surface area contributed by atoms with Gasteiger partial charge in [0, 0.05) is 39.0 Å². The van der Waals surface area contributed by atoms with Gasteiger partial charge in [-0.05, 0) is 6.07 Å². The van der Waals surface area contributed by atoms with Gasteiger partial charge in [-0.2, -0.15) is 0 Å². The minimum atomic E-state index is 0.332. The molecule has 0 saturated carbocycles. The van der Waals surface area contributed by atoms with Crippen LogP contribution < -0.4 is 10.2 Å². The Labute approximate surface area is 95.9 Å².